The van der Waals surface area contributed by atoms with Gasteiger partial charge in [-0.15, -0.1) is 0 Å². The van der Waals surface area contributed by atoms with Gasteiger partial charge in [0.1, 0.15) is 5.75 Å². The Balaban J connectivity index is 2.12. The van der Waals surface area contributed by atoms with Crippen molar-refractivity contribution in [3.05, 3.63) is 53.6 Å². The zero-order valence-corrected chi connectivity index (χ0v) is 15.5. The second kappa shape index (κ2) is 8.33. The fraction of sp³-hybridized carbons (Fsp3) is 0.235. The number of carbonyl (C=O) groups excluding carboxylic acids is 1. The van der Waals surface area contributed by atoms with Gasteiger partial charge in [-0.05, 0) is 36.4 Å². The minimum absolute atomic E-state index is 0.0907. The van der Waals surface area contributed by atoms with E-state index in [4.69, 9.17) is 16.3 Å². The molecule has 0 heterocycles. The summed E-state index contributed by atoms with van der Waals surface area (Å²) >= 11 is 5.79. The molecule has 6 nitrogen and oxygen atoms in total. The van der Waals surface area contributed by atoms with E-state index in [1.165, 1.54) is 31.4 Å². The van der Waals surface area contributed by atoms with Gasteiger partial charge in [0.25, 0.3) is 0 Å². The minimum Gasteiger partial charge on any atom is -0.497 e. The Hall–Kier alpha value is -2.09. The van der Waals surface area contributed by atoms with Crippen LogP contribution in [0.15, 0.2) is 53.4 Å². The third kappa shape index (κ3) is 4.94. The average molecular weight is 383 g/mol. The first kappa shape index (κ1) is 19.2. The number of carbonyl (C=O) groups is 1. The fourth-order valence-corrected chi connectivity index (χ4v) is 3.72. The van der Waals surface area contributed by atoms with Gasteiger partial charge in [-0.25, -0.2) is 8.42 Å². The molecule has 0 aliphatic carbocycles. The van der Waals surface area contributed by atoms with E-state index in [1.54, 1.807) is 31.2 Å². The van der Waals surface area contributed by atoms with Gasteiger partial charge in [0.15, 0.2) is 0 Å². The third-order valence-electron chi connectivity index (χ3n) is 3.48. The fourth-order valence-electron chi connectivity index (χ4n) is 2.18. The van der Waals surface area contributed by atoms with Crippen LogP contribution in [0.1, 0.15) is 6.92 Å². The Morgan fingerprint density at radius 2 is 1.88 bits per heavy atom. The number of ether oxygens (including phenoxy) is 1. The van der Waals surface area contributed by atoms with Crippen LogP contribution in [-0.4, -0.2) is 38.8 Å². The number of anilines is 1. The van der Waals surface area contributed by atoms with Gasteiger partial charge in [0, 0.05) is 23.3 Å². The monoisotopic (exact) mass is 382 g/mol. The van der Waals surface area contributed by atoms with E-state index < -0.39 is 15.9 Å². The SMILES string of the molecule is CCN(CC(=O)Nc1cccc(OC)c1)S(=O)(=O)c1ccc(Cl)cc1. The van der Waals surface area contributed by atoms with Crippen LogP contribution in [0.2, 0.25) is 5.02 Å². The summed E-state index contributed by atoms with van der Waals surface area (Å²) in [5, 5.41) is 3.11. The predicted octanol–water partition coefficient (Wildman–Crippen LogP) is 3.00. The molecule has 2 rings (SSSR count). The molecule has 0 spiro atoms. The van der Waals surface area contributed by atoms with Crippen molar-refractivity contribution >= 4 is 33.2 Å². The number of benzene rings is 2. The molecule has 0 bridgehead atoms. The highest BCUT2D eigenvalue weighted by atomic mass is 35.5. The number of methoxy groups -OCH3 is 1. The highest BCUT2D eigenvalue weighted by Gasteiger charge is 2.25. The van der Waals surface area contributed by atoms with Crippen molar-refractivity contribution in [2.75, 3.05) is 25.5 Å². The van der Waals surface area contributed by atoms with E-state index in [-0.39, 0.29) is 18.0 Å². The molecule has 25 heavy (non-hydrogen) atoms. The van der Waals surface area contributed by atoms with Gasteiger partial charge in [-0.2, -0.15) is 4.31 Å². The van der Waals surface area contributed by atoms with Gasteiger partial charge >= 0.3 is 0 Å². The molecule has 0 atom stereocenters. The number of amides is 1. The van der Waals surface area contributed by atoms with Crippen molar-refractivity contribution in [3.8, 4) is 5.75 Å². The van der Waals surface area contributed by atoms with Crippen molar-refractivity contribution in [3.63, 3.8) is 0 Å². The zero-order chi connectivity index (χ0) is 18.4. The summed E-state index contributed by atoms with van der Waals surface area (Å²) in [7, 11) is -2.25. The summed E-state index contributed by atoms with van der Waals surface area (Å²) in [6.07, 6.45) is 0. The van der Waals surface area contributed by atoms with Crippen LogP contribution in [-0.2, 0) is 14.8 Å². The summed E-state index contributed by atoms with van der Waals surface area (Å²) in [4.78, 5) is 12.3. The molecule has 0 aliphatic heterocycles. The lowest BCUT2D eigenvalue weighted by Crippen LogP contribution is -2.37. The largest absolute Gasteiger partial charge is 0.497 e. The summed E-state index contributed by atoms with van der Waals surface area (Å²) in [6.45, 7) is 1.54. The number of nitrogens with zero attached hydrogens (tertiary/aromatic N) is 1. The van der Waals surface area contributed by atoms with E-state index in [0.29, 0.717) is 16.5 Å². The molecule has 8 heteroatoms. The van der Waals surface area contributed by atoms with Crippen molar-refractivity contribution in [1.82, 2.24) is 4.31 Å². The van der Waals surface area contributed by atoms with Gasteiger partial charge in [-0.1, -0.05) is 24.6 Å². The van der Waals surface area contributed by atoms with Crippen molar-refractivity contribution < 1.29 is 17.9 Å². The Labute approximate surface area is 152 Å². The lowest BCUT2D eigenvalue weighted by atomic mass is 10.3. The molecule has 2 aromatic rings. The molecule has 1 amide bonds. The second-order valence-corrected chi connectivity index (χ2v) is 7.54. The summed E-state index contributed by atoms with van der Waals surface area (Å²) in [6, 6.07) is 12.7. The number of halogens is 1. The molecule has 2 aromatic carbocycles. The lowest BCUT2D eigenvalue weighted by molar-refractivity contribution is -0.116. The van der Waals surface area contributed by atoms with Gasteiger partial charge in [-0.3, -0.25) is 4.79 Å². The maximum absolute atomic E-state index is 12.6. The van der Waals surface area contributed by atoms with Crippen LogP contribution in [0.3, 0.4) is 0 Å². The molecular formula is C17H19ClN2O4S. The van der Waals surface area contributed by atoms with Crippen LogP contribution >= 0.6 is 11.6 Å². The van der Waals surface area contributed by atoms with Crippen LogP contribution in [0, 0.1) is 0 Å². The summed E-state index contributed by atoms with van der Waals surface area (Å²) in [5.41, 5.74) is 0.532. The Morgan fingerprint density at radius 1 is 1.20 bits per heavy atom. The molecule has 0 unspecified atom stereocenters. The normalized spacial score (nSPS) is 11.4. The predicted molar refractivity (Wildman–Crippen MR) is 97.5 cm³/mol. The molecule has 0 radical (unpaired) electrons. The van der Waals surface area contributed by atoms with Gasteiger partial charge in [0.05, 0.1) is 18.6 Å². The number of nitrogens with one attached hydrogen (secondary N) is 1. The molecule has 0 saturated heterocycles. The first-order valence-electron chi connectivity index (χ1n) is 7.56. The number of rotatable bonds is 7. The molecule has 0 saturated carbocycles. The van der Waals surface area contributed by atoms with Crippen molar-refractivity contribution in [1.29, 1.82) is 0 Å². The molecular weight excluding hydrogens is 364 g/mol. The molecule has 0 aromatic heterocycles. The van der Waals surface area contributed by atoms with Crippen LogP contribution in [0.4, 0.5) is 5.69 Å². The Kier molecular flexibility index (Phi) is 6.41. The smallest absolute Gasteiger partial charge is 0.243 e. The van der Waals surface area contributed by atoms with E-state index in [9.17, 15) is 13.2 Å². The topological polar surface area (TPSA) is 75.7 Å². The zero-order valence-electron chi connectivity index (χ0n) is 13.9. The standard InChI is InChI=1S/C17H19ClN2O4S/c1-3-20(25(22,23)16-9-7-13(18)8-10-16)12-17(21)19-14-5-4-6-15(11-14)24-2/h4-11H,3,12H2,1-2H3,(H,19,21). The Bertz CT molecular complexity index is 838. The average Bonchev–Trinajstić information content (AvgIpc) is 2.60. The van der Waals surface area contributed by atoms with E-state index in [0.717, 1.165) is 4.31 Å². The van der Waals surface area contributed by atoms with Gasteiger partial charge < -0.3 is 10.1 Å². The lowest BCUT2D eigenvalue weighted by Gasteiger charge is -2.20. The highest BCUT2D eigenvalue weighted by molar-refractivity contribution is 7.89. The minimum atomic E-state index is -3.78. The summed E-state index contributed by atoms with van der Waals surface area (Å²) in [5.74, 6) is 0.159. The van der Waals surface area contributed by atoms with Crippen LogP contribution in [0.5, 0.6) is 5.75 Å². The van der Waals surface area contributed by atoms with E-state index in [1.807, 2.05) is 0 Å². The third-order valence-corrected chi connectivity index (χ3v) is 5.66. The molecule has 0 fully saturated rings. The molecule has 1 N–H and O–H groups in total. The number of hydrogen-bond donors (Lipinski definition) is 1. The first-order valence-corrected chi connectivity index (χ1v) is 9.38. The van der Waals surface area contributed by atoms with Crippen molar-refractivity contribution in [2.45, 2.75) is 11.8 Å². The maximum Gasteiger partial charge on any atom is 0.243 e. The molecule has 0 aliphatic rings. The quantitative estimate of drug-likeness (QED) is 0.798. The molecule has 134 valence electrons. The Morgan fingerprint density at radius 3 is 2.48 bits per heavy atom. The second-order valence-electron chi connectivity index (χ2n) is 5.17. The van der Waals surface area contributed by atoms with Crippen LogP contribution < -0.4 is 10.1 Å². The number of sulfonamides is 1. The van der Waals surface area contributed by atoms with E-state index >= 15 is 0 Å². The summed E-state index contributed by atoms with van der Waals surface area (Å²) < 4.78 is 31.5. The number of hydrogen-bond acceptors (Lipinski definition) is 4. The number of likely N-dealkylation sites (N-methyl/N-ethyl adjacent to an activating group) is 1. The first-order chi connectivity index (χ1) is 11.9. The maximum atomic E-state index is 12.6. The highest BCUT2D eigenvalue weighted by Crippen LogP contribution is 2.19. The van der Waals surface area contributed by atoms with Crippen LogP contribution in [0.25, 0.3) is 0 Å². The van der Waals surface area contributed by atoms with E-state index in [2.05, 4.69) is 5.32 Å². The van der Waals surface area contributed by atoms with Gasteiger partial charge in [0.2, 0.25) is 15.9 Å². The van der Waals surface area contributed by atoms with Crippen molar-refractivity contribution in [2.24, 2.45) is 0 Å².